The Morgan fingerprint density at radius 2 is 0.569 bits per heavy atom. The lowest BCUT2D eigenvalue weighted by Gasteiger charge is -2.23. The van der Waals surface area contributed by atoms with Crippen molar-refractivity contribution in [1.29, 1.82) is 0 Å². The first kappa shape index (κ1) is 44.6. The van der Waals surface area contributed by atoms with Gasteiger partial charge in [-0.2, -0.15) is 13.2 Å². The molecule has 2 nitrogen and oxygen atoms in total. The summed E-state index contributed by atoms with van der Waals surface area (Å²) in [6, 6.07) is 62.0. The molecule has 0 aliphatic heterocycles. The van der Waals surface area contributed by atoms with E-state index >= 15 is 22.0 Å². The first-order valence-corrected chi connectivity index (χ1v) is 23.9. The zero-order chi connectivity index (χ0) is 49.6. The Morgan fingerprint density at radius 1 is 0.292 bits per heavy atom. The maximum Gasteiger partial charge on any atom is 0.420 e. The summed E-state index contributed by atoms with van der Waals surface area (Å²) in [4.78, 5) is 0. The number of fused-ring (bicyclic) bond motifs is 6. The summed E-state index contributed by atoms with van der Waals surface area (Å²) < 4.78 is 84.7. The molecule has 0 saturated carbocycles. The summed E-state index contributed by atoms with van der Waals surface area (Å²) in [5.41, 5.74) is 13.0. The van der Waals surface area contributed by atoms with Crippen LogP contribution in [-0.4, -0.2) is 9.13 Å². The Morgan fingerprint density at radius 3 is 0.847 bits per heavy atom. The van der Waals surface area contributed by atoms with Gasteiger partial charge < -0.3 is 9.13 Å². The monoisotopic (exact) mass is 948 g/mol. The number of benzene rings is 10. The van der Waals surface area contributed by atoms with Crippen molar-refractivity contribution in [2.45, 2.75) is 33.9 Å². The zero-order valence-corrected chi connectivity index (χ0v) is 39.8. The van der Waals surface area contributed by atoms with Gasteiger partial charge >= 0.3 is 6.18 Å². The second kappa shape index (κ2) is 17.1. The summed E-state index contributed by atoms with van der Waals surface area (Å²) >= 11 is 0. The van der Waals surface area contributed by atoms with Crippen LogP contribution in [0.3, 0.4) is 0 Å². The lowest BCUT2D eigenvalue weighted by Crippen LogP contribution is -2.16. The van der Waals surface area contributed by atoms with Crippen molar-refractivity contribution in [2.75, 3.05) is 0 Å². The van der Waals surface area contributed by atoms with Crippen LogP contribution < -0.4 is 0 Å². The lowest BCUT2D eigenvalue weighted by atomic mass is 9.98. The highest BCUT2D eigenvalue weighted by atomic mass is 19.4. The minimum atomic E-state index is -4.95. The predicted molar refractivity (Wildman–Crippen MR) is 286 cm³/mol. The first-order chi connectivity index (χ1) is 34.7. The Labute approximate surface area is 413 Å². The van der Waals surface area contributed by atoms with Gasteiger partial charge in [-0.1, -0.05) is 144 Å². The Hall–Kier alpha value is -8.55. The fourth-order valence-corrected chi connectivity index (χ4v) is 10.7. The molecule has 0 spiro atoms. The molecule has 0 radical (unpaired) electrons. The van der Waals surface area contributed by atoms with Gasteiger partial charge in [-0.15, -0.1) is 0 Å². The molecule has 0 bridgehead atoms. The van der Waals surface area contributed by atoms with Gasteiger partial charge in [0.05, 0.1) is 33.4 Å². The van der Waals surface area contributed by atoms with E-state index in [9.17, 15) is 0 Å². The van der Waals surface area contributed by atoms with Gasteiger partial charge in [0.2, 0.25) is 0 Å². The first-order valence-electron chi connectivity index (χ1n) is 23.9. The van der Waals surface area contributed by atoms with E-state index in [0.717, 1.165) is 94.4 Å². The van der Waals surface area contributed by atoms with E-state index in [1.165, 1.54) is 24.3 Å². The molecule has 72 heavy (non-hydrogen) atoms. The van der Waals surface area contributed by atoms with Gasteiger partial charge in [0.1, 0.15) is 17.2 Å². The van der Waals surface area contributed by atoms with E-state index in [2.05, 4.69) is 24.3 Å². The average molecular weight is 949 g/mol. The van der Waals surface area contributed by atoms with Gasteiger partial charge in [-0.25, -0.2) is 8.78 Å². The van der Waals surface area contributed by atoms with Crippen LogP contribution in [-0.2, 0) is 6.18 Å². The molecule has 2 heterocycles. The molecule has 0 atom stereocenters. The molecule has 0 N–H and O–H groups in total. The molecule has 12 rings (SSSR count). The van der Waals surface area contributed by atoms with Crippen molar-refractivity contribution in [3.63, 3.8) is 0 Å². The maximum absolute atomic E-state index is 16.9. The van der Waals surface area contributed by atoms with E-state index in [1.807, 2.05) is 173 Å². The topological polar surface area (TPSA) is 9.86 Å². The molecule has 2 aromatic heterocycles. The zero-order valence-electron chi connectivity index (χ0n) is 39.8. The Kier molecular flexibility index (Phi) is 10.6. The number of hydrogen-bond acceptors (Lipinski definition) is 0. The number of alkyl halides is 3. The highest BCUT2D eigenvalue weighted by Crippen LogP contribution is 2.48. The van der Waals surface area contributed by atoms with Gasteiger partial charge in [-0.05, 0) is 156 Å². The van der Waals surface area contributed by atoms with Crippen LogP contribution in [0.4, 0.5) is 22.0 Å². The Balaban J connectivity index is 1.21. The quantitative estimate of drug-likeness (QED) is 0.141. The fourth-order valence-electron chi connectivity index (χ4n) is 10.7. The third-order valence-electron chi connectivity index (χ3n) is 14.0. The van der Waals surface area contributed by atoms with Crippen LogP contribution in [0.25, 0.3) is 111 Å². The number of hydrogen-bond donors (Lipinski definition) is 0. The number of rotatable bonds is 7. The molecule has 0 fully saturated rings. The molecule has 12 aromatic rings. The normalized spacial score (nSPS) is 12.0. The molecule has 0 aliphatic rings. The maximum atomic E-state index is 16.9. The summed E-state index contributed by atoms with van der Waals surface area (Å²) in [6.45, 7) is 8.11. The smallest absolute Gasteiger partial charge is 0.309 e. The van der Waals surface area contributed by atoms with E-state index in [1.54, 1.807) is 9.13 Å². The molecule has 0 aliphatic carbocycles. The molecule has 0 unspecified atom stereocenters. The highest BCUT2D eigenvalue weighted by Gasteiger charge is 2.40. The van der Waals surface area contributed by atoms with Gasteiger partial charge in [-0.3, -0.25) is 0 Å². The van der Waals surface area contributed by atoms with Crippen LogP contribution in [0.2, 0.25) is 0 Å². The molecular weight excluding hydrogens is 904 g/mol. The third kappa shape index (κ3) is 7.82. The summed E-state index contributed by atoms with van der Waals surface area (Å²) in [6.07, 6.45) is -4.95. The van der Waals surface area contributed by atoms with Crippen LogP contribution in [0.15, 0.2) is 200 Å². The number of aryl methyl sites for hydroxylation is 4. The fraction of sp³-hybridized carbons (Fsp3) is 0.0769. The SMILES string of the molecule is Cc1cccc(-c2ccc3c(c2)c2cc(-c4cccc(C)c4)ccc2n3-c2cc(-c3cc(F)cc(F)c3)cc(-n3c4ccc(-c5cccc(C)c5)cc4c4cc(-c5cccc(C)c5)ccc43)c2C(F)(F)F)c1. The van der Waals surface area contributed by atoms with Crippen LogP contribution in [0.5, 0.6) is 0 Å². The van der Waals surface area contributed by atoms with E-state index in [-0.39, 0.29) is 22.5 Å². The van der Waals surface area contributed by atoms with Gasteiger partial charge in [0, 0.05) is 27.6 Å². The van der Waals surface area contributed by atoms with Crippen molar-refractivity contribution in [1.82, 2.24) is 9.13 Å². The summed E-state index contributed by atoms with van der Waals surface area (Å²) in [5, 5.41) is 3.00. The second-order valence-corrected chi connectivity index (χ2v) is 19.1. The largest absolute Gasteiger partial charge is 0.420 e. The van der Waals surface area contributed by atoms with Gasteiger partial charge in [0.15, 0.2) is 0 Å². The molecule has 350 valence electrons. The van der Waals surface area contributed by atoms with Crippen molar-refractivity contribution >= 4 is 43.6 Å². The van der Waals surface area contributed by atoms with Crippen molar-refractivity contribution < 1.29 is 22.0 Å². The van der Waals surface area contributed by atoms with Crippen LogP contribution in [0.1, 0.15) is 27.8 Å². The number of aromatic nitrogens is 2. The van der Waals surface area contributed by atoms with Crippen LogP contribution >= 0.6 is 0 Å². The van der Waals surface area contributed by atoms with E-state index in [4.69, 9.17) is 0 Å². The summed E-state index contributed by atoms with van der Waals surface area (Å²) in [7, 11) is 0. The van der Waals surface area contributed by atoms with Crippen molar-refractivity contribution in [3.8, 4) is 67.0 Å². The number of nitrogens with zero attached hydrogens (tertiary/aromatic N) is 2. The molecule has 10 aromatic carbocycles. The number of halogens is 5. The average Bonchev–Trinajstić information content (AvgIpc) is 3.86. The standard InChI is InChI=1S/C65H45F5N2/c1-38-9-5-13-42(25-38)46-17-21-58-54(31-46)55-32-47(43-14-6-10-39(2)26-43)18-22-59(55)71(58)62-35-51(50-29-52(66)37-53(67)30-50)36-63(64(62)65(68,69)70)72-60-23-19-48(44-15-7-11-40(3)27-44)33-56(60)57-34-49(20-24-61(57)72)45-16-8-12-41(4)28-45/h5-37H,1-4H3. The van der Waals surface area contributed by atoms with Gasteiger partial charge in [0.25, 0.3) is 0 Å². The summed E-state index contributed by atoms with van der Waals surface area (Å²) in [5.74, 6) is -1.69. The molecule has 0 saturated heterocycles. The molecule has 0 amide bonds. The highest BCUT2D eigenvalue weighted by molar-refractivity contribution is 6.14. The lowest BCUT2D eigenvalue weighted by molar-refractivity contribution is -0.137. The molecule has 7 heteroatoms. The Bertz CT molecular complexity index is 3710. The predicted octanol–water partition coefficient (Wildman–Crippen LogP) is 18.7. The third-order valence-corrected chi connectivity index (χ3v) is 14.0. The minimum Gasteiger partial charge on any atom is -0.309 e. The minimum absolute atomic E-state index is 0.0946. The van der Waals surface area contributed by atoms with Crippen molar-refractivity contribution in [2.24, 2.45) is 0 Å². The molecular formula is C65H45F5N2. The van der Waals surface area contributed by atoms with Crippen LogP contribution in [0, 0.1) is 39.3 Å². The van der Waals surface area contributed by atoms with E-state index in [0.29, 0.717) is 22.1 Å². The van der Waals surface area contributed by atoms with Crippen molar-refractivity contribution in [3.05, 3.63) is 240 Å². The van der Waals surface area contributed by atoms with E-state index < -0.39 is 23.4 Å². The second-order valence-electron chi connectivity index (χ2n) is 19.1.